The van der Waals surface area contributed by atoms with E-state index < -0.39 is 5.41 Å². The van der Waals surface area contributed by atoms with Crippen LogP contribution in [0.3, 0.4) is 0 Å². The van der Waals surface area contributed by atoms with E-state index in [4.69, 9.17) is 4.98 Å². The topological polar surface area (TPSA) is 54.7 Å². The quantitative estimate of drug-likeness (QED) is 0.128. The number of benzene rings is 6. The van der Waals surface area contributed by atoms with Crippen molar-refractivity contribution in [3.05, 3.63) is 158 Å². The molecule has 6 aliphatic carbocycles. The van der Waals surface area contributed by atoms with E-state index in [0.717, 1.165) is 57.8 Å². The predicted octanol–water partition coefficient (Wildman–Crippen LogP) is 8.69. The van der Waals surface area contributed by atoms with Crippen LogP contribution in [-0.4, -0.2) is 21.8 Å². The molecule has 1 aliphatic heterocycles. The number of carbonyl (C=O) groups excluding carboxylic acids is 1. The second-order valence-electron chi connectivity index (χ2n) is 16.9. The number of amides is 1. The van der Waals surface area contributed by atoms with Gasteiger partial charge in [-0.25, -0.2) is 4.98 Å². The Balaban J connectivity index is 1.03. The number of anilines is 1. The molecule has 54 heavy (non-hydrogen) atoms. The van der Waals surface area contributed by atoms with Crippen molar-refractivity contribution in [2.24, 2.45) is 17.3 Å². The molecule has 4 unspecified atom stereocenters. The van der Waals surface area contributed by atoms with Gasteiger partial charge in [-0.2, -0.15) is 0 Å². The average molecular weight is 692 g/mol. The van der Waals surface area contributed by atoms with Crippen LogP contribution in [0.25, 0.3) is 71.4 Å². The molecular weight excluding hydrogens is 663 g/mol. The molecular formula is C49H29N3O2. The minimum absolute atomic E-state index is 0.00765. The van der Waals surface area contributed by atoms with Gasteiger partial charge in [0.05, 0.1) is 16.4 Å². The molecule has 8 aromatic rings. The van der Waals surface area contributed by atoms with Gasteiger partial charge in [-0.05, 0) is 139 Å². The van der Waals surface area contributed by atoms with Crippen LogP contribution in [0.5, 0.6) is 0 Å². The number of para-hydroxylation sites is 3. The Morgan fingerprint density at radius 2 is 1.43 bits per heavy atom. The van der Waals surface area contributed by atoms with Crippen molar-refractivity contribution in [3.63, 3.8) is 0 Å². The Morgan fingerprint density at radius 1 is 0.685 bits per heavy atom. The number of hydrogen-bond donors (Lipinski definition) is 0. The normalized spacial score (nSPS) is 26.9. The fraction of sp³-hybridized carbons (Fsp3) is 0.163. The fourth-order valence-corrected chi connectivity index (χ4v) is 12.4. The molecule has 1 amide bonds. The smallest absolute Gasteiger partial charge is 0.264 e. The predicted molar refractivity (Wildman–Crippen MR) is 215 cm³/mol. The van der Waals surface area contributed by atoms with Gasteiger partial charge in [-0.15, -0.1) is 0 Å². The molecule has 2 bridgehead atoms. The molecule has 5 nitrogen and oxygen atoms in total. The van der Waals surface area contributed by atoms with Gasteiger partial charge in [-0.1, -0.05) is 78.9 Å². The van der Waals surface area contributed by atoms with Crippen molar-refractivity contribution in [1.29, 1.82) is 0 Å². The summed E-state index contributed by atoms with van der Waals surface area (Å²) in [7, 11) is 0. The van der Waals surface area contributed by atoms with Gasteiger partial charge in [0.25, 0.3) is 5.56 Å². The third kappa shape index (κ3) is 2.73. The Hall–Kier alpha value is -6.33. The van der Waals surface area contributed by atoms with Gasteiger partial charge in [0, 0.05) is 33.8 Å². The standard InChI is InChI=1S/C49H29N3O2/c53-46-33-16-13-30-34-19-25-21-48(25)36-17-10-24-18-37-43(36)35(20-26-22-49(26,37)47(54)51(23-24)27-6-2-1-3-7-27)31-14-11-29(42(34)44(31)48)28-12-15-32(41(33)40(28)30)45-50-38-8-4-5-9-39(38)52(45)46/h1-17,19-20,25-26H,18,21-23H2. The molecule has 252 valence electrons. The number of aromatic nitrogens is 2. The second-order valence-corrected chi connectivity index (χ2v) is 16.9. The van der Waals surface area contributed by atoms with E-state index in [-0.39, 0.29) is 22.8 Å². The first-order valence-corrected chi connectivity index (χ1v) is 19.3. The second kappa shape index (κ2) is 8.40. The number of pyridine rings is 1. The van der Waals surface area contributed by atoms with Crippen LogP contribution in [0.1, 0.15) is 30.4 Å². The maximum Gasteiger partial charge on any atom is 0.264 e. The number of nitrogens with zero attached hydrogens (tertiary/aromatic N) is 3. The number of carbonyl (C=O) groups is 1. The summed E-state index contributed by atoms with van der Waals surface area (Å²) in [5, 5.41) is 10.3. The van der Waals surface area contributed by atoms with Gasteiger partial charge < -0.3 is 4.90 Å². The van der Waals surface area contributed by atoms with E-state index >= 15 is 0 Å². The summed E-state index contributed by atoms with van der Waals surface area (Å²) < 4.78 is 1.80. The molecule has 6 aromatic carbocycles. The van der Waals surface area contributed by atoms with Gasteiger partial charge in [0.15, 0.2) is 0 Å². The lowest BCUT2D eigenvalue weighted by molar-refractivity contribution is -0.122. The first-order valence-electron chi connectivity index (χ1n) is 19.3. The van der Waals surface area contributed by atoms with Crippen molar-refractivity contribution in [3.8, 4) is 0 Å². The molecule has 5 heteroatoms. The Kier molecular flexibility index (Phi) is 4.25. The van der Waals surface area contributed by atoms with Gasteiger partial charge in [0.2, 0.25) is 5.91 Å². The summed E-state index contributed by atoms with van der Waals surface area (Å²) in [5.74, 6) is 0.864. The fourth-order valence-electron chi connectivity index (χ4n) is 12.4. The molecule has 7 aliphatic rings. The third-order valence-electron chi connectivity index (χ3n) is 14.8. The van der Waals surface area contributed by atoms with Crippen LogP contribution >= 0.6 is 0 Å². The first-order chi connectivity index (χ1) is 26.6. The highest BCUT2D eigenvalue weighted by molar-refractivity contribution is 6.31. The SMILES string of the molecule is O=C1N(c2ccccc2)CC2=CC=C3C4=C(C2)C12CC2C=C4c1ccc2c4c1C31CC1C=c4c1ccc3c(=O)n4c5ccccc5nc4c4ccc2c1c34. The zero-order chi connectivity index (χ0) is 35.0. The van der Waals surface area contributed by atoms with Crippen molar-refractivity contribution >= 4 is 83.0 Å². The highest BCUT2D eigenvalue weighted by atomic mass is 16.2. The molecule has 3 heterocycles. The highest BCUT2D eigenvalue weighted by Gasteiger charge is 2.69. The monoisotopic (exact) mass is 691 g/mol. The van der Waals surface area contributed by atoms with E-state index in [0.29, 0.717) is 12.5 Å². The maximum atomic E-state index is 14.8. The van der Waals surface area contributed by atoms with Crippen LogP contribution in [0.4, 0.5) is 5.69 Å². The largest absolute Gasteiger partial charge is 0.308 e. The lowest BCUT2D eigenvalue weighted by Crippen LogP contribution is -2.39. The van der Waals surface area contributed by atoms with Gasteiger partial charge >= 0.3 is 0 Å². The van der Waals surface area contributed by atoms with Crippen LogP contribution < -0.4 is 15.7 Å². The molecule has 0 radical (unpaired) electrons. The Bertz CT molecular complexity index is 3510. The molecule has 3 fully saturated rings. The maximum absolute atomic E-state index is 14.8. The minimum Gasteiger partial charge on any atom is -0.308 e. The van der Waals surface area contributed by atoms with Crippen molar-refractivity contribution < 1.29 is 4.79 Å². The van der Waals surface area contributed by atoms with Gasteiger partial charge in [-0.3, -0.25) is 14.0 Å². The zero-order valence-electron chi connectivity index (χ0n) is 29.1. The summed E-state index contributed by atoms with van der Waals surface area (Å²) in [6.07, 6.45) is 12.7. The van der Waals surface area contributed by atoms with E-state index in [2.05, 4.69) is 77.7 Å². The molecule has 2 spiro atoms. The van der Waals surface area contributed by atoms with E-state index in [9.17, 15) is 9.59 Å². The van der Waals surface area contributed by atoms with Crippen LogP contribution in [0.2, 0.25) is 0 Å². The molecule has 0 N–H and O–H groups in total. The van der Waals surface area contributed by atoms with Crippen LogP contribution in [0.15, 0.2) is 136 Å². The molecule has 15 rings (SSSR count). The number of allylic oxidation sites excluding steroid dienone is 6. The van der Waals surface area contributed by atoms with E-state index in [1.807, 2.05) is 42.5 Å². The van der Waals surface area contributed by atoms with Crippen molar-refractivity contribution in [2.75, 3.05) is 11.4 Å². The van der Waals surface area contributed by atoms with Crippen molar-refractivity contribution in [1.82, 2.24) is 9.38 Å². The van der Waals surface area contributed by atoms with E-state index in [1.54, 1.807) is 4.40 Å². The summed E-state index contributed by atoms with van der Waals surface area (Å²) in [4.78, 5) is 36.1. The summed E-state index contributed by atoms with van der Waals surface area (Å²) >= 11 is 0. The molecule has 4 atom stereocenters. The first kappa shape index (κ1) is 27.3. The average Bonchev–Trinajstić information content (AvgIpc) is 4.10. The highest BCUT2D eigenvalue weighted by Crippen LogP contribution is 2.75. The summed E-state index contributed by atoms with van der Waals surface area (Å²) in [6, 6.07) is 31.7. The number of fused-ring (bicyclic) bond motifs is 8. The lowest BCUT2D eigenvalue weighted by Gasteiger charge is -2.40. The molecule has 2 aromatic heterocycles. The summed E-state index contributed by atoms with van der Waals surface area (Å²) in [5.41, 5.74) is 12.6. The molecule has 2 saturated carbocycles. The third-order valence-corrected chi connectivity index (χ3v) is 14.8. The van der Waals surface area contributed by atoms with Crippen LogP contribution in [-0.2, 0) is 10.2 Å². The Labute approximate surface area is 307 Å². The number of imidazole rings is 1. The Morgan fingerprint density at radius 3 is 2.35 bits per heavy atom. The van der Waals surface area contributed by atoms with Crippen LogP contribution in [0, 0.1) is 17.3 Å². The summed E-state index contributed by atoms with van der Waals surface area (Å²) in [6.45, 7) is 0.638. The zero-order valence-corrected chi connectivity index (χ0v) is 29.1. The number of rotatable bonds is 1. The van der Waals surface area contributed by atoms with Crippen molar-refractivity contribution in [2.45, 2.75) is 24.7 Å². The van der Waals surface area contributed by atoms with E-state index in [1.165, 1.54) is 71.1 Å². The minimum atomic E-state index is -0.441. The number of hydrogen-bond acceptors (Lipinski definition) is 3. The molecule has 1 saturated heterocycles. The lowest BCUT2D eigenvalue weighted by atomic mass is 9.62. The van der Waals surface area contributed by atoms with Gasteiger partial charge in [0.1, 0.15) is 5.65 Å².